The van der Waals surface area contributed by atoms with E-state index in [9.17, 15) is 4.79 Å². The van der Waals surface area contributed by atoms with Gasteiger partial charge >= 0.3 is 0 Å². The molecule has 0 aliphatic heterocycles. The van der Waals surface area contributed by atoms with Gasteiger partial charge in [-0.2, -0.15) is 0 Å². The molecule has 0 fully saturated rings. The van der Waals surface area contributed by atoms with Crippen molar-refractivity contribution < 1.29 is 9.53 Å². The largest absolute Gasteiger partial charge is 0.496 e. The number of carbonyl (C=O) groups is 1. The van der Waals surface area contributed by atoms with Crippen LogP contribution < -0.4 is 10.5 Å². The van der Waals surface area contributed by atoms with Crippen molar-refractivity contribution in [1.29, 1.82) is 0 Å². The standard InChI is InChI=1S/C15H24N2O2/c1-12(8-10-16)15(18)17(2)11-9-13-6-4-5-7-14(13)19-3/h4-7,12H,8-11,16H2,1-3H3. The van der Waals surface area contributed by atoms with E-state index in [4.69, 9.17) is 10.5 Å². The molecule has 0 aliphatic rings. The Hall–Kier alpha value is -1.55. The Bertz CT molecular complexity index is 407. The zero-order valence-electron chi connectivity index (χ0n) is 12.1. The van der Waals surface area contributed by atoms with Crippen molar-refractivity contribution in [1.82, 2.24) is 4.90 Å². The Labute approximate surface area is 115 Å². The molecule has 0 bridgehead atoms. The van der Waals surface area contributed by atoms with Gasteiger partial charge in [0.2, 0.25) is 5.91 Å². The lowest BCUT2D eigenvalue weighted by atomic mass is 10.1. The Morgan fingerprint density at radius 3 is 2.74 bits per heavy atom. The first kappa shape index (κ1) is 15.5. The normalized spacial score (nSPS) is 12.0. The van der Waals surface area contributed by atoms with Crippen molar-refractivity contribution in [2.45, 2.75) is 19.8 Å². The second kappa shape index (κ2) is 7.79. The third-order valence-corrected chi connectivity index (χ3v) is 3.31. The van der Waals surface area contributed by atoms with Crippen LogP contribution in [-0.4, -0.2) is 38.1 Å². The van der Waals surface area contributed by atoms with Crippen LogP contribution in [0.15, 0.2) is 24.3 Å². The molecule has 19 heavy (non-hydrogen) atoms. The van der Waals surface area contributed by atoms with Gasteiger partial charge < -0.3 is 15.4 Å². The molecular formula is C15H24N2O2. The minimum absolute atomic E-state index is 0.00679. The van der Waals surface area contributed by atoms with Crippen LogP contribution in [0, 0.1) is 5.92 Å². The van der Waals surface area contributed by atoms with Crippen molar-refractivity contribution in [2.24, 2.45) is 11.7 Å². The molecule has 4 nitrogen and oxygen atoms in total. The number of nitrogens with two attached hydrogens (primary N) is 1. The maximum Gasteiger partial charge on any atom is 0.225 e. The van der Waals surface area contributed by atoms with Crippen molar-refractivity contribution in [3.8, 4) is 5.75 Å². The van der Waals surface area contributed by atoms with E-state index in [1.54, 1.807) is 12.0 Å². The van der Waals surface area contributed by atoms with Crippen molar-refractivity contribution in [3.63, 3.8) is 0 Å². The number of hydrogen-bond acceptors (Lipinski definition) is 3. The van der Waals surface area contributed by atoms with Gasteiger partial charge in [-0.3, -0.25) is 4.79 Å². The Morgan fingerprint density at radius 1 is 1.42 bits per heavy atom. The Morgan fingerprint density at radius 2 is 2.11 bits per heavy atom. The van der Waals surface area contributed by atoms with Crippen molar-refractivity contribution in [2.75, 3.05) is 27.2 Å². The SMILES string of the molecule is COc1ccccc1CCN(C)C(=O)C(C)CCN. The highest BCUT2D eigenvalue weighted by molar-refractivity contribution is 5.78. The summed E-state index contributed by atoms with van der Waals surface area (Å²) in [5.74, 6) is 1.02. The summed E-state index contributed by atoms with van der Waals surface area (Å²) in [6, 6.07) is 7.89. The summed E-state index contributed by atoms with van der Waals surface area (Å²) in [6.45, 7) is 3.16. The molecule has 0 saturated carbocycles. The van der Waals surface area contributed by atoms with Crippen LogP contribution in [0.2, 0.25) is 0 Å². The maximum absolute atomic E-state index is 12.0. The van der Waals surface area contributed by atoms with Gasteiger partial charge in [-0.1, -0.05) is 25.1 Å². The molecule has 1 rings (SSSR count). The van der Waals surface area contributed by atoms with Gasteiger partial charge in [0.05, 0.1) is 7.11 Å². The quantitative estimate of drug-likeness (QED) is 0.815. The lowest BCUT2D eigenvalue weighted by Crippen LogP contribution is -2.34. The number of rotatable bonds is 7. The van der Waals surface area contributed by atoms with Crippen LogP contribution in [0.1, 0.15) is 18.9 Å². The van der Waals surface area contributed by atoms with Crippen LogP contribution in [0.5, 0.6) is 5.75 Å². The Kier molecular flexibility index (Phi) is 6.36. The Balaban J connectivity index is 2.54. The molecule has 0 saturated heterocycles. The van der Waals surface area contributed by atoms with E-state index in [-0.39, 0.29) is 11.8 Å². The summed E-state index contributed by atoms with van der Waals surface area (Å²) >= 11 is 0. The highest BCUT2D eigenvalue weighted by Gasteiger charge is 2.16. The highest BCUT2D eigenvalue weighted by atomic mass is 16.5. The van der Waals surface area contributed by atoms with Gasteiger partial charge in [0.15, 0.2) is 0 Å². The molecule has 1 aromatic carbocycles. The summed E-state index contributed by atoms with van der Waals surface area (Å²) in [6.07, 6.45) is 1.53. The van der Waals surface area contributed by atoms with Crippen LogP contribution in [-0.2, 0) is 11.2 Å². The van der Waals surface area contributed by atoms with E-state index in [1.807, 2.05) is 38.2 Å². The number of nitrogens with zero attached hydrogens (tertiary/aromatic N) is 1. The number of ether oxygens (including phenoxy) is 1. The number of likely N-dealkylation sites (N-methyl/N-ethyl adjacent to an activating group) is 1. The fraction of sp³-hybridized carbons (Fsp3) is 0.533. The molecule has 0 aliphatic carbocycles. The van der Waals surface area contributed by atoms with E-state index in [2.05, 4.69) is 0 Å². The van der Waals surface area contributed by atoms with Gasteiger partial charge in [-0.25, -0.2) is 0 Å². The minimum Gasteiger partial charge on any atom is -0.496 e. The molecule has 0 heterocycles. The lowest BCUT2D eigenvalue weighted by Gasteiger charge is -2.21. The number of carbonyl (C=O) groups excluding carboxylic acids is 1. The van der Waals surface area contributed by atoms with Gasteiger partial charge in [0, 0.05) is 19.5 Å². The van der Waals surface area contributed by atoms with E-state index in [1.165, 1.54) is 0 Å². The smallest absolute Gasteiger partial charge is 0.225 e. The zero-order chi connectivity index (χ0) is 14.3. The molecular weight excluding hydrogens is 240 g/mol. The van der Waals surface area contributed by atoms with Crippen LogP contribution in [0.4, 0.5) is 0 Å². The van der Waals surface area contributed by atoms with E-state index in [0.717, 1.165) is 24.2 Å². The minimum atomic E-state index is -0.00679. The predicted molar refractivity (Wildman–Crippen MR) is 77.2 cm³/mol. The lowest BCUT2D eigenvalue weighted by molar-refractivity contribution is -0.133. The van der Waals surface area contributed by atoms with E-state index in [0.29, 0.717) is 13.1 Å². The summed E-state index contributed by atoms with van der Waals surface area (Å²) in [5, 5.41) is 0. The second-order valence-electron chi connectivity index (χ2n) is 4.80. The first-order valence-corrected chi connectivity index (χ1v) is 6.67. The fourth-order valence-electron chi connectivity index (χ4n) is 2.06. The number of para-hydroxylation sites is 1. The second-order valence-corrected chi connectivity index (χ2v) is 4.80. The van der Waals surface area contributed by atoms with Crippen LogP contribution >= 0.6 is 0 Å². The zero-order valence-corrected chi connectivity index (χ0v) is 12.1. The summed E-state index contributed by atoms with van der Waals surface area (Å²) in [5.41, 5.74) is 6.60. The molecule has 0 aromatic heterocycles. The molecule has 106 valence electrons. The van der Waals surface area contributed by atoms with Crippen molar-refractivity contribution >= 4 is 5.91 Å². The predicted octanol–water partition coefficient (Wildman–Crippen LogP) is 1.68. The van der Waals surface area contributed by atoms with Gasteiger partial charge in [-0.15, -0.1) is 0 Å². The first-order chi connectivity index (χ1) is 9.10. The molecule has 0 spiro atoms. The number of methoxy groups -OCH3 is 1. The van der Waals surface area contributed by atoms with E-state index < -0.39 is 0 Å². The molecule has 4 heteroatoms. The summed E-state index contributed by atoms with van der Waals surface area (Å²) < 4.78 is 5.30. The van der Waals surface area contributed by atoms with E-state index >= 15 is 0 Å². The molecule has 1 unspecified atom stereocenters. The number of benzene rings is 1. The highest BCUT2D eigenvalue weighted by Crippen LogP contribution is 2.18. The van der Waals surface area contributed by atoms with Gasteiger partial charge in [0.1, 0.15) is 5.75 Å². The van der Waals surface area contributed by atoms with Crippen LogP contribution in [0.3, 0.4) is 0 Å². The van der Waals surface area contributed by atoms with Crippen molar-refractivity contribution in [3.05, 3.63) is 29.8 Å². The molecule has 0 radical (unpaired) electrons. The molecule has 1 amide bonds. The van der Waals surface area contributed by atoms with Crippen LogP contribution in [0.25, 0.3) is 0 Å². The summed E-state index contributed by atoms with van der Waals surface area (Å²) in [7, 11) is 3.50. The monoisotopic (exact) mass is 264 g/mol. The third kappa shape index (κ3) is 4.56. The third-order valence-electron chi connectivity index (χ3n) is 3.31. The number of hydrogen-bond donors (Lipinski definition) is 1. The first-order valence-electron chi connectivity index (χ1n) is 6.67. The molecule has 1 atom stereocenters. The fourth-order valence-corrected chi connectivity index (χ4v) is 2.06. The van der Waals surface area contributed by atoms with Gasteiger partial charge in [-0.05, 0) is 31.0 Å². The summed E-state index contributed by atoms with van der Waals surface area (Å²) in [4.78, 5) is 13.8. The molecule has 2 N–H and O–H groups in total. The van der Waals surface area contributed by atoms with Gasteiger partial charge in [0.25, 0.3) is 0 Å². The average molecular weight is 264 g/mol. The average Bonchev–Trinajstić information content (AvgIpc) is 2.44. The number of amides is 1. The maximum atomic E-state index is 12.0. The topological polar surface area (TPSA) is 55.6 Å². The molecule has 1 aromatic rings.